The van der Waals surface area contributed by atoms with Crippen molar-refractivity contribution >= 4 is 0 Å². The van der Waals surface area contributed by atoms with Crippen LogP contribution in [-0.2, 0) is 12.1 Å². The zero-order chi connectivity index (χ0) is 14.6. The average Bonchev–Trinajstić information content (AvgIpc) is 2.76. The van der Waals surface area contributed by atoms with E-state index in [0.717, 1.165) is 57.6 Å². The van der Waals surface area contributed by atoms with Gasteiger partial charge in [0, 0.05) is 13.1 Å². The predicted octanol–water partition coefficient (Wildman–Crippen LogP) is 2.00. The van der Waals surface area contributed by atoms with Crippen LogP contribution in [0.2, 0.25) is 0 Å². The number of aromatic nitrogens is 2. The van der Waals surface area contributed by atoms with Gasteiger partial charge in [0.15, 0.2) is 5.75 Å². The summed E-state index contributed by atoms with van der Waals surface area (Å²) in [6.45, 7) is 8.14. The molecule has 5 heteroatoms. The smallest absolute Gasteiger partial charge is 0.162 e. The van der Waals surface area contributed by atoms with Crippen LogP contribution < -0.4 is 4.74 Å². The van der Waals surface area contributed by atoms with E-state index in [9.17, 15) is 5.11 Å². The summed E-state index contributed by atoms with van der Waals surface area (Å²) in [5.74, 6) is 0.714. The van der Waals surface area contributed by atoms with Gasteiger partial charge < -0.3 is 14.7 Å². The molecule has 0 amide bonds. The lowest BCUT2D eigenvalue weighted by atomic mass is 9.90. The first-order valence-electron chi connectivity index (χ1n) is 7.69. The van der Waals surface area contributed by atoms with E-state index in [1.165, 1.54) is 0 Å². The summed E-state index contributed by atoms with van der Waals surface area (Å²) in [5.41, 5.74) is 0.0424. The van der Waals surface area contributed by atoms with Crippen LogP contribution in [0.5, 0.6) is 5.75 Å². The Morgan fingerprint density at radius 1 is 1.35 bits per heavy atom. The number of rotatable bonds is 5. The number of likely N-dealkylation sites (tertiary alicyclic amines) is 1. The van der Waals surface area contributed by atoms with E-state index < -0.39 is 5.60 Å². The quantitative estimate of drug-likeness (QED) is 0.897. The second kappa shape index (κ2) is 6.59. The highest BCUT2D eigenvalue weighted by Crippen LogP contribution is 2.38. The van der Waals surface area contributed by atoms with Gasteiger partial charge in [0.2, 0.25) is 0 Å². The summed E-state index contributed by atoms with van der Waals surface area (Å²) in [6, 6.07) is 0. The monoisotopic (exact) mass is 281 g/mol. The molecule has 1 aromatic heterocycles. The minimum Gasteiger partial charge on any atom is -0.493 e. The van der Waals surface area contributed by atoms with Crippen molar-refractivity contribution in [1.82, 2.24) is 14.7 Å². The molecular formula is C15H27N3O2. The molecule has 1 atom stereocenters. The molecule has 0 bridgehead atoms. The van der Waals surface area contributed by atoms with E-state index in [0.29, 0.717) is 5.75 Å². The van der Waals surface area contributed by atoms with E-state index >= 15 is 0 Å². The molecule has 2 heterocycles. The van der Waals surface area contributed by atoms with E-state index in [2.05, 4.69) is 23.8 Å². The molecule has 1 saturated heterocycles. The zero-order valence-corrected chi connectivity index (χ0v) is 12.9. The largest absolute Gasteiger partial charge is 0.493 e. The standard InChI is InChI=1S/C15H27N3O2/c1-4-9-18-14(13(20-3)12-16-18)15(19)7-6-10-17(5-2)11-8-15/h12,19H,4-11H2,1-3H3. The molecule has 1 N–H and O–H groups in total. The predicted molar refractivity (Wildman–Crippen MR) is 78.9 cm³/mol. The zero-order valence-electron chi connectivity index (χ0n) is 12.9. The molecule has 5 nitrogen and oxygen atoms in total. The highest BCUT2D eigenvalue weighted by molar-refractivity contribution is 5.31. The number of aryl methyl sites for hydroxylation is 1. The first kappa shape index (κ1) is 15.3. The number of nitrogens with zero attached hydrogens (tertiary/aromatic N) is 3. The first-order valence-corrected chi connectivity index (χ1v) is 7.69. The van der Waals surface area contributed by atoms with Crippen LogP contribution in [0.15, 0.2) is 6.20 Å². The third-order valence-electron chi connectivity index (χ3n) is 4.26. The molecule has 1 aliphatic heterocycles. The van der Waals surface area contributed by atoms with Crippen molar-refractivity contribution in [2.45, 2.75) is 51.7 Å². The Hall–Kier alpha value is -1.07. The summed E-state index contributed by atoms with van der Waals surface area (Å²) in [5, 5.41) is 15.6. The van der Waals surface area contributed by atoms with Crippen LogP contribution in [0.3, 0.4) is 0 Å². The molecule has 1 unspecified atom stereocenters. The van der Waals surface area contributed by atoms with Crippen molar-refractivity contribution in [2.75, 3.05) is 26.7 Å². The van der Waals surface area contributed by atoms with Crippen molar-refractivity contribution in [3.8, 4) is 5.75 Å². The molecule has 1 aromatic rings. The second-order valence-electron chi connectivity index (χ2n) is 5.60. The summed E-state index contributed by atoms with van der Waals surface area (Å²) < 4.78 is 7.34. The van der Waals surface area contributed by atoms with E-state index in [4.69, 9.17) is 4.74 Å². The molecule has 1 fully saturated rings. The van der Waals surface area contributed by atoms with Gasteiger partial charge in [-0.1, -0.05) is 13.8 Å². The van der Waals surface area contributed by atoms with Gasteiger partial charge in [-0.2, -0.15) is 5.10 Å². The van der Waals surface area contributed by atoms with Crippen LogP contribution in [0.1, 0.15) is 45.2 Å². The SMILES string of the molecule is CCCn1ncc(OC)c1C1(O)CCCN(CC)CC1. The maximum absolute atomic E-state index is 11.2. The molecule has 1 aliphatic rings. The highest BCUT2D eigenvalue weighted by atomic mass is 16.5. The third kappa shape index (κ3) is 2.99. The molecule has 0 spiro atoms. The third-order valence-corrected chi connectivity index (χ3v) is 4.26. The Morgan fingerprint density at radius 3 is 2.80 bits per heavy atom. The maximum Gasteiger partial charge on any atom is 0.162 e. The normalized spacial score (nSPS) is 24.6. The Labute approximate surface area is 121 Å². The summed E-state index contributed by atoms with van der Waals surface area (Å²) in [6.07, 6.45) is 5.24. The average molecular weight is 281 g/mol. The lowest BCUT2D eigenvalue weighted by Crippen LogP contribution is -2.32. The van der Waals surface area contributed by atoms with Gasteiger partial charge in [-0.05, 0) is 38.8 Å². The fraction of sp³-hybridized carbons (Fsp3) is 0.800. The van der Waals surface area contributed by atoms with E-state index in [1.807, 2.05) is 4.68 Å². The Morgan fingerprint density at radius 2 is 2.15 bits per heavy atom. The topological polar surface area (TPSA) is 50.5 Å². The minimum atomic E-state index is -0.819. The summed E-state index contributed by atoms with van der Waals surface area (Å²) in [7, 11) is 1.65. The van der Waals surface area contributed by atoms with Crippen LogP contribution in [-0.4, -0.2) is 46.5 Å². The van der Waals surface area contributed by atoms with Crippen molar-refractivity contribution < 1.29 is 9.84 Å². The van der Waals surface area contributed by atoms with Gasteiger partial charge in [0.25, 0.3) is 0 Å². The molecule has 0 aromatic carbocycles. The van der Waals surface area contributed by atoms with Gasteiger partial charge in [-0.3, -0.25) is 4.68 Å². The van der Waals surface area contributed by atoms with Crippen molar-refractivity contribution in [3.05, 3.63) is 11.9 Å². The van der Waals surface area contributed by atoms with Gasteiger partial charge in [0.1, 0.15) is 11.3 Å². The molecule has 20 heavy (non-hydrogen) atoms. The second-order valence-corrected chi connectivity index (χ2v) is 5.60. The van der Waals surface area contributed by atoms with Gasteiger partial charge in [0.05, 0.1) is 13.3 Å². The maximum atomic E-state index is 11.2. The molecule has 114 valence electrons. The van der Waals surface area contributed by atoms with Gasteiger partial charge in [-0.15, -0.1) is 0 Å². The van der Waals surface area contributed by atoms with Crippen molar-refractivity contribution in [3.63, 3.8) is 0 Å². The number of hydrogen-bond acceptors (Lipinski definition) is 4. The number of hydrogen-bond donors (Lipinski definition) is 1. The van der Waals surface area contributed by atoms with Crippen LogP contribution >= 0.6 is 0 Å². The Balaban J connectivity index is 2.30. The van der Waals surface area contributed by atoms with Crippen molar-refractivity contribution in [1.29, 1.82) is 0 Å². The highest BCUT2D eigenvalue weighted by Gasteiger charge is 2.37. The number of methoxy groups -OCH3 is 1. The minimum absolute atomic E-state index is 0.714. The molecular weight excluding hydrogens is 254 g/mol. The molecule has 0 saturated carbocycles. The fourth-order valence-electron chi connectivity index (χ4n) is 3.10. The van der Waals surface area contributed by atoms with E-state index in [1.54, 1.807) is 13.3 Å². The lowest BCUT2D eigenvalue weighted by molar-refractivity contribution is 0.0103. The number of aliphatic hydroxyl groups is 1. The van der Waals surface area contributed by atoms with Gasteiger partial charge >= 0.3 is 0 Å². The lowest BCUT2D eigenvalue weighted by Gasteiger charge is -2.28. The summed E-state index contributed by atoms with van der Waals surface area (Å²) in [4.78, 5) is 2.39. The molecule has 2 rings (SSSR count). The molecule has 0 radical (unpaired) electrons. The van der Waals surface area contributed by atoms with Crippen LogP contribution in [0.4, 0.5) is 0 Å². The first-order chi connectivity index (χ1) is 9.64. The van der Waals surface area contributed by atoms with Crippen LogP contribution in [0.25, 0.3) is 0 Å². The number of ether oxygens (including phenoxy) is 1. The van der Waals surface area contributed by atoms with Crippen molar-refractivity contribution in [2.24, 2.45) is 0 Å². The Bertz CT molecular complexity index is 433. The summed E-state index contributed by atoms with van der Waals surface area (Å²) >= 11 is 0. The Kier molecular flexibility index (Phi) is 5.05. The van der Waals surface area contributed by atoms with Gasteiger partial charge in [-0.25, -0.2) is 0 Å². The molecule has 0 aliphatic carbocycles. The van der Waals surface area contributed by atoms with Crippen LogP contribution in [0, 0.1) is 0 Å². The van der Waals surface area contributed by atoms with E-state index in [-0.39, 0.29) is 0 Å². The fourth-order valence-corrected chi connectivity index (χ4v) is 3.10.